The van der Waals surface area contributed by atoms with Gasteiger partial charge >= 0.3 is 0 Å². The lowest BCUT2D eigenvalue weighted by Gasteiger charge is -2.38. The Balaban J connectivity index is 1.26. The van der Waals surface area contributed by atoms with Crippen LogP contribution in [0.4, 0.5) is 0 Å². The fraction of sp³-hybridized carbons (Fsp3) is 0.542. The van der Waals surface area contributed by atoms with E-state index in [0.717, 1.165) is 31.2 Å². The molecule has 7 heteroatoms. The Morgan fingerprint density at radius 2 is 1.81 bits per heavy atom. The molecule has 6 rings (SSSR count). The molecule has 31 heavy (non-hydrogen) atoms. The van der Waals surface area contributed by atoms with E-state index in [1.54, 1.807) is 24.3 Å². The summed E-state index contributed by atoms with van der Waals surface area (Å²) in [5.74, 6) is 3.56. The molecule has 1 aromatic heterocycles. The van der Waals surface area contributed by atoms with Crippen LogP contribution in [0, 0.1) is 17.8 Å². The van der Waals surface area contributed by atoms with Crippen molar-refractivity contribution in [3.8, 4) is 11.5 Å². The third-order valence-electron chi connectivity index (χ3n) is 7.09. The molecule has 4 atom stereocenters. The summed E-state index contributed by atoms with van der Waals surface area (Å²) in [5, 5.41) is 4.04. The van der Waals surface area contributed by atoms with Gasteiger partial charge in [0, 0.05) is 24.2 Å². The Hall–Kier alpha value is -2.83. The maximum Gasteiger partial charge on any atom is 0.276 e. The second-order valence-corrected chi connectivity index (χ2v) is 9.28. The Morgan fingerprint density at radius 3 is 2.52 bits per heavy atom. The first-order chi connectivity index (χ1) is 15.0. The third-order valence-corrected chi connectivity index (χ3v) is 7.09. The molecule has 2 saturated heterocycles. The van der Waals surface area contributed by atoms with Gasteiger partial charge in [-0.3, -0.25) is 9.59 Å². The zero-order valence-corrected chi connectivity index (χ0v) is 18.0. The Kier molecular flexibility index (Phi) is 5.20. The summed E-state index contributed by atoms with van der Waals surface area (Å²) >= 11 is 0. The van der Waals surface area contributed by atoms with E-state index in [2.05, 4.69) is 10.1 Å². The molecule has 0 radical (unpaired) electrons. The first-order valence-electron chi connectivity index (χ1n) is 11.1. The monoisotopic (exact) mass is 424 g/mol. The molecule has 4 aliphatic rings. The Morgan fingerprint density at radius 1 is 1.06 bits per heavy atom. The number of ether oxygens (including phenoxy) is 2. The highest BCUT2D eigenvalue weighted by atomic mass is 16.5. The summed E-state index contributed by atoms with van der Waals surface area (Å²) in [6.45, 7) is 2.46. The molecular weight excluding hydrogens is 396 g/mol. The number of ketones is 1. The largest absolute Gasteiger partial charge is 0.493 e. The van der Waals surface area contributed by atoms with Crippen LogP contribution in [0.25, 0.3) is 0 Å². The van der Waals surface area contributed by atoms with E-state index < -0.39 is 0 Å². The van der Waals surface area contributed by atoms with Gasteiger partial charge in [0.2, 0.25) is 0 Å². The van der Waals surface area contributed by atoms with Gasteiger partial charge in [-0.05, 0) is 75.0 Å². The van der Waals surface area contributed by atoms with E-state index in [1.807, 2.05) is 0 Å². The van der Waals surface area contributed by atoms with Crippen LogP contribution in [-0.2, 0) is 6.61 Å². The summed E-state index contributed by atoms with van der Waals surface area (Å²) in [4.78, 5) is 26.8. The number of fused-ring (bicyclic) bond motifs is 1. The van der Waals surface area contributed by atoms with Crippen molar-refractivity contribution in [2.24, 2.45) is 17.8 Å². The SMILES string of the molecule is COc1cc(C(C)=O)ccc1OCc1cc(C(=O)N2CC3C[C@@H]4CC2C[C@H](C3)C4)no1. The summed E-state index contributed by atoms with van der Waals surface area (Å²) in [6, 6.07) is 7.05. The van der Waals surface area contributed by atoms with Crippen LogP contribution in [0.2, 0.25) is 0 Å². The molecule has 2 aromatic rings. The number of carbonyl (C=O) groups excluding carboxylic acids is 2. The molecule has 2 aliphatic heterocycles. The standard InChI is InChI=1S/C24H28N2O5/c1-14(27)18-3-4-22(23(10-18)29-2)30-13-20-11-21(25-31-20)24(28)26-12-17-6-15-5-16(7-17)9-19(26)8-15/h3-4,10-11,15-17,19H,5-9,12-13H2,1-2H3/t15-,16+,17?,19?. The van der Waals surface area contributed by atoms with Crippen molar-refractivity contribution in [2.45, 2.75) is 51.7 Å². The van der Waals surface area contributed by atoms with Gasteiger partial charge in [-0.1, -0.05) is 5.16 Å². The lowest BCUT2D eigenvalue weighted by molar-refractivity contribution is 0.0622. The highest BCUT2D eigenvalue weighted by molar-refractivity contribution is 5.94. The van der Waals surface area contributed by atoms with Crippen molar-refractivity contribution in [1.82, 2.24) is 10.1 Å². The number of hydrogen-bond acceptors (Lipinski definition) is 6. The summed E-state index contributed by atoms with van der Waals surface area (Å²) in [7, 11) is 1.53. The van der Waals surface area contributed by atoms with Crippen molar-refractivity contribution < 1.29 is 23.6 Å². The quantitative estimate of drug-likeness (QED) is 0.649. The number of Topliss-reactive ketones (excluding diaryl/α,β-unsaturated/α-hetero) is 1. The normalized spacial score (nSPS) is 26.6. The first kappa shape index (κ1) is 20.1. The number of hydrogen-bond donors (Lipinski definition) is 0. The van der Waals surface area contributed by atoms with Crippen molar-refractivity contribution >= 4 is 11.7 Å². The maximum atomic E-state index is 13.2. The lowest BCUT2D eigenvalue weighted by atomic mass is 9.68. The minimum atomic E-state index is -0.0430. The lowest BCUT2D eigenvalue weighted by Crippen LogP contribution is -2.42. The molecule has 2 unspecified atom stereocenters. The van der Waals surface area contributed by atoms with E-state index in [-0.39, 0.29) is 18.3 Å². The van der Waals surface area contributed by atoms with Crippen LogP contribution in [0.1, 0.15) is 65.6 Å². The molecule has 2 aliphatic carbocycles. The molecule has 0 spiro atoms. The highest BCUT2D eigenvalue weighted by Crippen LogP contribution is 2.47. The van der Waals surface area contributed by atoms with Crippen LogP contribution in [-0.4, -0.2) is 41.4 Å². The second-order valence-electron chi connectivity index (χ2n) is 9.28. The van der Waals surface area contributed by atoms with Gasteiger partial charge in [-0.25, -0.2) is 0 Å². The number of methoxy groups -OCH3 is 1. The average molecular weight is 424 g/mol. The molecule has 4 bridgehead atoms. The number of aromatic nitrogens is 1. The Labute approximate surface area is 181 Å². The minimum Gasteiger partial charge on any atom is -0.493 e. The molecule has 7 nitrogen and oxygen atoms in total. The topological polar surface area (TPSA) is 81.9 Å². The maximum absolute atomic E-state index is 13.2. The molecule has 3 heterocycles. The molecule has 2 saturated carbocycles. The van der Waals surface area contributed by atoms with E-state index >= 15 is 0 Å². The van der Waals surface area contributed by atoms with Crippen molar-refractivity contribution in [1.29, 1.82) is 0 Å². The van der Waals surface area contributed by atoms with Gasteiger partial charge in [-0.15, -0.1) is 0 Å². The predicted molar refractivity (Wildman–Crippen MR) is 112 cm³/mol. The van der Waals surface area contributed by atoms with Gasteiger partial charge in [0.15, 0.2) is 28.7 Å². The predicted octanol–water partition coefficient (Wildman–Crippen LogP) is 4.12. The fourth-order valence-electron chi connectivity index (χ4n) is 5.82. The van der Waals surface area contributed by atoms with Crippen molar-refractivity contribution in [2.75, 3.05) is 13.7 Å². The summed E-state index contributed by atoms with van der Waals surface area (Å²) < 4.78 is 16.5. The first-order valence-corrected chi connectivity index (χ1v) is 11.1. The number of benzene rings is 1. The van der Waals surface area contributed by atoms with Crippen LogP contribution < -0.4 is 9.47 Å². The van der Waals surface area contributed by atoms with E-state index in [9.17, 15) is 9.59 Å². The van der Waals surface area contributed by atoms with Crippen molar-refractivity contribution in [3.05, 3.63) is 41.3 Å². The van der Waals surface area contributed by atoms with Crippen LogP contribution in [0.5, 0.6) is 11.5 Å². The van der Waals surface area contributed by atoms with Gasteiger partial charge in [0.25, 0.3) is 5.91 Å². The molecule has 0 N–H and O–H groups in total. The van der Waals surface area contributed by atoms with Gasteiger partial charge in [0.1, 0.15) is 6.61 Å². The smallest absolute Gasteiger partial charge is 0.276 e. The molecule has 4 fully saturated rings. The minimum absolute atomic E-state index is 0.0309. The number of nitrogens with zero attached hydrogens (tertiary/aromatic N) is 2. The van der Waals surface area contributed by atoms with E-state index in [0.29, 0.717) is 40.5 Å². The summed E-state index contributed by atoms with van der Waals surface area (Å²) in [6.07, 6.45) is 6.13. The van der Waals surface area contributed by atoms with Crippen LogP contribution in [0.3, 0.4) is 0 Å². The highest BCUT2D eigenvalue weighted by Gasteiger charge is 2.44. The number of carbonyl (C=O) groups is 2. The van der Waals surface area contributed by atoms with Crippen LogP contribution in [0.15, 0.2) is 28.8 Å². The molecule has 1 amide bonds. The van der Waals surface area contributed by atoms with Gasteiger partial charge in [-0.2, -0.15) is 0 Å². The van der Waals surface area contributed by atoms with E-state index in [4.69, 9.17) is 14.0 Å². The van der Waals surface area contributed by atoms with E-state index in [1.165, 1.54) is 33.3 Å². The number of amides is 1. The Bertz CT molecular complexity index is 986. The number of rotatable bonds is 6. The van der Waals surface area contributed by atoms with Crippen molar-refractivity contribution in [3.63, 3.8) is 0 Å². The third kappa shape index (κ3) is 3.93. The van der Waals surface area contributed by atoms with Gasteiger partial charge in [0.05, 0.1) is 7.11 Å². The molecule has 164 valence electrons. The second kappa shape index (κ2) is 8.02. The molecule has 1 aromatic carbocycles. The molecular formula is C24H28N2O5. The summed E-state index contributed by atoms with van der Waals surface area (Å²) in [5.41, 5.74) is 0.899. The zero-order chi connectivity index (χ0) is 21.5. The average Bonchev–Trinajstić information content (AvgIpc) is 3.14. The van der Waals surface area contributed by atoms with Crippen LogP contribution >= 0.6 is 0 Å². The van der Waals surface area contributed by atoms with Gasteiger partial charge < -0.3 is 18.9 Å². The fourth-order valence-corrected chi connectivity index (χ4v) is 5.82. The zero-order valence-electron chi connectivity index (χ0n) is 18.0.